The monoisotopic (exact) mass is 325 g/mol. The first-order valence-corrected chi connectivity index (χ1v) is 8.04. The van der Waals surface area contributed by atoms with Gasteiger partial charge in [-0.25, -0.2) is 0 Å². The average Bonchev–Trinajstić information content (AvgIpc) is 3.05. The van der Waals surface area contributed by atoms with E-state index in [0.717, 1.165) is 55.8 Å². The van der Waals surface area contributed by atoms with Crippen LogP contribution in [0.2, 0.25) is 5.02 Å². The summed E-state index contributed by atoms with van der Waals surface area (Å²) < 4.78 is 11.0. The van der Waals surface area contributed by atoms with Crippen LogP contribution in [0.4, 0.5) is 0 Å². The van der Waals surface area contributed by atoms with E-state index >= 15 is 0 Å². The maximum Gasteiger partial charge on any atom is 0.191 e. The lowest BCUT2D eigenvalue weighted by molar-refractivity contribution is 0.0420. The van der Waals surface area contributed by atoms with E-state index in [1.165, 1.54) is 0 Å². The van der Waals surface area contributed by atoms with Gasteiger partial charge in [-0.05, 0) is 30.5 Å². The number of hydrogen-bond donors (Lipinski definition) is 2. The summed E-state index contributed by atoms with van der Waals surface area (Å²) in [5, 5.41) is 7.30. The van der Waals surface area contributed by atoms with Crippen LogP contribution in [0.25, 0.3) is 0 Å². The molecule has 1 fully saturated rings. The van der Waals surface area contributed by atoms with Crippen LogP contribution >= 0.6 is 11.6 Å². The van der Waals surface area contributed by atoms with Crippen molar-refractivity contribution in [3.05, 3.63) is 34.9 Å². The standard InChI is InChI=1S/C16H24ClN3O2/c1-18-16(20-11-13-3-5-14(17)6-4-13)19-8-2-9-22-15-7-10-21-12-15/h3-6,15H,2,7-12H2,1H3,(H2,18,19,20). The number of nitrogens with one attached hydrogen (secondary N) is 2. The topological polar surface area (TPSA) is 54.9 Å². The van der Waals surface area contributed by atoms with E-state index < -0.39 is 0 Å². The Kier molecular flexibility index (Phi) is 7.49. The zero-order valence-electron chi connectivity index (χ0n) is 13.0. The number of aliphatic imine (C=N–C) groups is 1. The van der Waals surface area contributed by atoms with Crippen LogP contribution in [0.3, 0.4) is 0 Å². The second kappa shape index (κ2) is 9.66. The molecule has 0 aromatic heterocycles. The van der Waals surface area contributed by atoms with Crippen molar-refractivity contribution in [2.24, 2.45) is 4.99 Å². The molecule has 1 aromatic rings. The summed E-state index contributed by atoms with van der Waals surface area (Å²) in [4.78, 5) is 4.20. The molecule has 2 N–H and O–H groups in total. The van der Waals surface area contributed by atoms with Crippen molar-refractivity contribution in [1.82, 2.24) is 10.6 Å². The van der Waals surface area contributed by atoms with Crippen LogP contribution in [0, 0.1) is 0 Å². The van der Waals surface area contributed by atoms with Crippen LogP contribution in [0.15, 0.2) is 29.3 Å². The molecule has 1 saturated heterocycles. The van der Waals surface area contributed by atoms with Crippen molar-refractivity contribution in [2.45, 2.75) is 25.5 Å². The van der Waals surface area contributed by atoms with Crippen LogP contribution in [-0.2, 0) is 16.0 Å². The molecule has 1 aromatic carbocycles. The van der Waals surface area contributed by atoms with Crippen LogP contribution < -0.4 is 10.6 Å². The summed E-state index contributed by atoms with van der Waals surface area (Å²) in [5.74, 6) is 0.791. The van der Waals surface area contributed by atoms with Gasteiger partial charge in [0, 0.05) is 38.4 Å². The highest BCUT2D eigenvalue weighted by Crippen LogP contribution is 2.09. The Morgan fingerprint density at radius 3 is 2.86 bits per heavy atom. The highest BCUT2D eigenvalue weighted by molar-refractivity contribution is 6.30. The molecule has 1 atom stereocenters. The molecule has 22 heavy (non-hydrogen) atoms. The van der Waals surface area contributed by atoms with Gasteiger partial charge < -0.3 is 20.1 Å². The second-order valence-corrected chi connectivity index (χ2v) is 5.63. The molecule has 1 aliphatic heterocycles. The fourth-order valence-corrected chi connectivity index (χ4v) is 2.31. The minimum atomic E-state index is 0.280. The molecule has 6 heteroatoms. The zero-order valence-corrected chi connectivity index (χ0v) is 13.7. The molecular weight excluding hydrogens is 302 g/mol. The lowest BCUT2D eigenvalue weighted by Crippen LogP contribution is -2.37. The molecule has 0 amide bonds. The fraction of sp³-hybridized carbons (Fsp3) is 0.562. The first-order chi connectivity index (χ1) is 10.8. The van der Waals surface area contributed by atoms with E-state index in [0.29, 0.717) is 6.54 Å². The third-order valence-corrected chi connectivity index (χ3v) is 3.70. The molecular formula is C16H24ClN3O2. The van der Waals surface area contributed by atoms with E-state index in [1.54, 1.807) is 7.05 Å². The van der Waals surface area contributed by atoms with E-state index in [2.05, 4.69) is 15.6 Å². The maximum atomic E-state index is 5.87. The van der Waals surface area contributed by atoms with Crippen molar-refractivity contribution in [1.29, 1.82) is 0 Å². The fourth-order valence-electron chi connectivity index (χ4n) is 2.18. The number of rotatable bonds is 7. The summed E-state index contributed by atoms with van der Waals surface area (Å²) in [6.45, 7) is 3.84. The van der Waals surface area contributed by atoms with E-state index in [9.17, 15) is 0 Å². The summed E-state index contributed by atoms with van der Waals surface area (Å²) in [7, 11) is 1.77. The maximum absolute atomic E-state index is 5.87. The molecule has 1 heterocycles. The highest BCUT2D eigenvalue weighted by Gasteiger charge is 2.15. The van der Waals surface area contributed by atoms with Gasteiger partial charge in [0.15, 0.2) is 5.96 Å². The molecule has 122 valence electrons. The van der Waals surface area contributed by atoms with Crippen LogP contribution in [-0.4, -0.2) is 45.5 Å². The first kappa shape index (κ1) is 17.1. The van der Waals surface area contributed by atoms with E-state index in [4.69, 9.17) is 21.1 Å². The predicted octanol–water partition coefficient (Wildman–Crippen LogP) is 2.20. The summed E-state index contributed by atoms with van der Waals surface area (Å²) in [6, 6.07) is 7.78. The van der Waals surface area contributed by atoms with Gasteiger partial charge in [0.2, 0.25) is 0 Å². The second-order valence-electron chi connectivity index (χ2n) is 5.19. The Morgan fingerprint density at radius 1 is 1.36 bits per heavy atom. The van der Waals surface area contributed by atoms with Crippen LogP contribution in [0.5, 0.6) is 0 Å². The molecule has 0 saturated carbocycles. The van der Waals surface area contributed by atoms with Gasteiger partial charge in [0.25, 0.3) is 0 Å². The molecule has 0 bridgehead atoms. The summed E-state index contributed by atoms with van der Waals surface area (Å²) in [6.07, 6.45) is 2.23. The Balaban J connectivity index is 1.57. The third-order valence-electron chi connectivity index (χ3n) is 3.45. The van der Waals surface area contributed by atoms with Crippen molar-refractivity contribution in [3.63, 3.8) is 0 Å². The highest BCUT2D eigenvalue weighted by atomic mass is 35.5. The van der Waals surface area contributed by atoms with E-state index in [1.807, 2.05) is 24.3 Å². The Morgan fingerprint density at radius 2 is 2.18 bits per heavy atom. The lowest BCUT2D eigenvalue weighted by Gasteiger charge is -2.13. The van der Waals surface area contributed by atoms with E-state index in [-0.39, 0.29) is 6.10 Å². The Labute approximate surface area is 137 Å². The molecule has 5 nitrogen and oxygen atoms in total. The number of ether oxygens (including phenoxy) is 2. The number of nitrogens with zero attached hydrogens (tertiary/aromatic N) is 1. The molecule has 1 unspecified atom stereocenters. The smallest absolute Gasteiger partial charge is 0.191 e. The predicted molar refractivity (Wildman–Crippen MR) is 89.4 cm³/mol. The minimum Gasteiger partial charge on any atom is -0.379 e. The lowest BCUT2D eigenvalue weighted by atomic mass is 10.2. The minimum absolute atomic E-state index is 0.280. The SMILES string of the molecule is CN=C(NCCCOC1CCOC1)NCc1ccc(Cl)cc1. The molecule has 2 rings (SSSR count). The quantitative estimate of drug-likeness (QED) is 0.458. The van der Waals surface area contributed by atoms with Gasteiger partial charge in [-0.1, -0.05) is 23.7 Å². The summed E-state index contributed by atoms with van der Waals surface area (Å²) in [5.41, 5.74) is 1.16. The number of halogens is 1. The molecule has 0 aliphatic carbocycles. The average molecular weight is 326 g/mol. The third kappa shape index (κ3) is 6.22. The number of guanidine groups is 1. The van der Waals surface area contributed by atoms with Gasteiger partial charge in [-0.15, -0.1) is 0 Å². The van der Waals surface area contributed by atoms with Gasteiger partial charge in [-0.2, -0.15) is 0 Å². The van der Waals surface area contributed by atoms with Gasteiger partial charge >= 0.3 is 0 Å². The Hall–Kier alpha value is -1.30. The zero-order chi connectivity index (χ0) is 15.6. The number of hydrogen-bond acceptors (Lipinski definition) is 3. The molecule has 0 radical (unpaired) electrons. The largest absolute Gasteiger partial charge is 0.379 e. The van der Waals surface area contributed by atoms with Gasteiger partial charge in [0.1, 0.15) is 0 Å². The van der Waals surface area contributed by atoms with Crippen molar-refractivity contribution >= 4 is 17.6 Å². The van der Waals surface area contributed by atoms with Gasteiger partial charge in [0.05, 0.1) is 12.7 Å². The number of benzene rings is 1. The summed E-state index contributed by atoms with van der Waals surface area (Å²) >= 11 is 5.87. The van der Waals surface area contributed by atoms with Gasteiger partial charge in [-0.3, -0.25) is 4.99 Å². The normalized spacial score (nSPS) is 18.5. The molecule has 1 aliphatic rings. The van der Waals surface area contributed by atoms with Crippen molar-refractivity contribution in [3.8, 4) is 0 Å². The van der Waals surface area contributed by atoms with Crippen molar-refractivity contribution < 1.29 is 9.47 Å². The Bertz CT molecular complexity index is 459. The molecule has 0 spiro atoms. The van der Waals surface area contributed by atoms with Crippen LogP contribution in [0.1, 0.15) is 18.4 Å². The van der Waals surface area contributed by atoms with Crippen molar-refractivity contribution in [2.75, 3.05) is 33.4 Å². The first-order valence-electron chi connectivity index (χ1n) is 7.66.